The van der Waals surface area contributed by atoms with Crippen LogP contribution in [0.2, 0.25) is 0 Å². The molecule has 0 spiro atoms. The summed E-state index contributed by atoms with van der Waals surface area (Å²) in [4.78, 5) is 0. The highest BCUT2D eigenvalue weighted by Crippen LogP contribution is 2.31. The minimum atomic E-state index is 0.291. The Morgan fingerprint density at radius 3 is 1.38 bits per heavy atom. The number of phenols is 1. The third-order valence-corrected chi connectivity index (χ3v) is 6.79. The summed E-state index contributed by atoms with van der Waals surface area (Å²) in [6, 6.07) is 4.18. The van der Waals surface area contributed by atoms with E-state index in [1.807, 2.05) is 13.8 Å². The van der Waals surface area contributed by atoms with Gasteiger partial charge in [0, 0.05) is 5.25 Å². The van der Waals surface area contributed by atoms with Crippen molar-refractivity contribution in [2.45, 2.75) is 135 Å². The molecule has 0 radical (unpaired) electrons. The van der Waals surface area contributed by atoms with Gasteiger partial charge < -0.3 is 5.11 Å². The summed E-state index contributed by atoms with van der Waals surface area (Å²) in [5.41, 5.74) is 3.18. The molecule has 168 valence electrons. The third kappa shape index (κ3) is 12.6. The molecule has 1 N–H and O–H groups in total. The van der Waals surface area contributed by atoms with Gasteiger partial charge in [0.1, 0.15) is 5.75 Å². The van der Waals surface area contributed by atoms with Crippen LogP contribution in [-0.4, -0.2) is 5.11 Å². The average molecular weight is 421 g/mol. The summed E-state index contributed by atoms with van der Waals surface area (Å²) >= 11 is 4.79. The number of aromatic hydroxyl groups is 1. The van der Waals surface area contributed by atoms with Crippen LogP contribution in [0.15, 0.2) is 12.1 Å². The van der Waals surface area contributed by atoms with Gasteiger partial charge in [0.2, 0.25) is 0 Å². The number of unbranched alkanes of at least 4 members (excludes halogenated alkanes) is 15. The SMILES string of the molecule is CCCCCCCCCCCCCCCCCCC(S)c1cc(C)c(O)c(C)c1. The van der Waals surface area contributed by atoms with Gasteiger partial charge >= 0.3 is 0 Å². The van der Waals surface area contributed by atoms with Crippen LogP contribution in [0.5, 0.6) is 5.75 Å². The van der Waals surface area contributed by atoms with Crippen molar-refractivity contribution in [3.8, 4) is 5.75 Å². The van der Waals surface area contributed by atoms with Crippen molar-refractivity contribution in [1.29, 1.82) is 0 Å². The quantitative estimate of drug-likeness (QED) is 0.179. The number of hydrogen-bond donors (Lipinski definition) is 2. The molecule has 0 bridgehead atoms. The molecule has 2 heteroatoms. The molecular formula is C27H48OS. The molecule has 0 aromatic heterocycles. The maximum absolute atomic E-state index is 9.91. The Morgan fingerprint density at radius 1 is 0.655 bits per heavy atom. The molecule has 1 atom stereocenters. The van der Waals surface area contributed by atoms with Crippen LogP contribution < -0.4 is 0 Å². The lowest BCUT2D eigenvalue weighted by Gasteiger charge is -2.14. The lowest BCUT2D eigenvalue weighted by molar-refractivity contribution is 0.466. The molecule has 0 aliphatic carbocycles. The van der Waals surface area contributed by atoms with Gasteiger partial charge in [0.15, 0.2) is 0 Å². The number of aryl methyl sites for hydroxylation is 2. The minimum absolute atomic E-state index is 0.291. The highest BCUT2D eigenvalue weighted by Gasteiger charge is 2.10. The lowest BCUT2D eigenvalue weighted by atomic mass is 9.99. The zero-order chi connectivity index (χ0) is 21.3. The van der Waals surface area contributed by atoms with E-state index in [0.29, 0.717) is 11.0 Å². The van der Waals surface area contributed by atoms with E-state index >= 15 is 0 Å². The van der Waals surface area contributed by atoms with Crippen LogP contribution in [0.4, 0.5) is 0 Å². The molecule has 0 heterocycles. The topological polar surface area (TPSA) is 20.2 Å². The van der Waals surface area contributed by atoms with Crippen LogP contribution in [0, 0.1) is 13.8 Å². The average Bonchev–Trinajstić information content (AvgIpc) is 2.71. The normalized spacial score (nSPS) is 12.4. The van der Waals surface area contributed by atoms with Crippen molar-refractivity contribution >= 4 is 12.6 Å². The predicted molar refractivity (Wildman–Crippen MR) is 133 cm³/mol. The van der Waals surface area contributed by atoms with Crippen molar-refractivity contribution in [3.05, 3.63) is 28.8 Å². The van der Waals surface area contributed by atoms with Gasteiger partial charge in [-0.1, -0.05) is 122 Å². The van der Waals surface area contributed by atoms with Crippen LogP contribution >= 0.6 is 12.6 Å². The molecule has 1 rings (SSSR count). The molecular weight excluding hydrogens is 372 g/mol. The first-order valence-electron chi connectivity index (χ1n) is 12.5. The van der Waals surface area contributed by atoms with Gasteiger partial charge in [0.25, 0.3) is 0 Å². The fourth-order valence-corrected chi connectivity index (χ4v) is 4.57. The Bertz CT molecular complexity index is 502. The van der Waals surface area contributed by atoms with Gasteiger partial charge in [-0.2, -0.15) is 12.6 Å². The molecule has 0 saturated carbocycles. The first-order valence-corrected chi connectivity index (χ1v) is 13.1. The van der Waals surface area contributed by atoms with Crippen LogP contribution in [-0.2, 0) is 0 Å². The molecule has 1 aromatic rings. The van der Waals surface area contributed by atoms with E-state index in [4.69, 9.17) is 12.6 Å². The highest BCUT2D eigenvalue weighted by molar-refractivity contribution is 7.80. The largest absolute Gasteiger partial charge is 0.507 e. The lowest BCUT2D eigenvalue weighted by Crippen LogP contribution is -1.94. The fourth-order valence-electron chi connectivity index (χ4n) is 4.23. The number of thiol groups is 1. The zero-order valence-electron chi connectivity index (χ0n) is 19.6. The second kappa shape index (κ2) is 17.1. The third-order valence-electron chi connectivity index (χ3n) is 6.23. The first-order chi connectivity index (χ1) is 14.1. The van der Waals surface area contributed by atoms with Crippen molar-refractivity contribution in [2.75, 3.05) is 0 Å². The standard InChI is InChI=1S/C27H48OS/c1-4-5-6-7-8-9-10-11-12-13-14-15-16-17-18-19-20-26(29)25-21-23(2)27(28)24(3)22-25/h21-22,26,28-29H,4-20H2,1-3H3. The Kier molecular flexibility index (Phi) is 15.6. The number of phenolic OH excluding ortho intramolecular Hbond substituents is 1. The molecule has 0 aliphatic rings. The molecule has 1 unspecified atom stereocenters. The summed E-state index contributed by atoms with van der Waals surface area (Å²) in [6.45, 7) is 6.24. The summed E-state index contributed by atoms with van der Waals surface area (Å²) in [6.07, 6.45) is 23.7. The van der Waals surface area contributed by atoms with Gasteiger partial charge in [-0.3, -0.25) is 0 Å². The van der Waals surface area contributed by atoms with E-state index in [2.05, 4.69) is 19.1 Å². The van der Waals surface area contributed by atoms with Crippen molar-refractivity contribution in [2.24, 2.45) is 0 Å². The second-order valence-corrected chi connectivity index (χ2v) is 9.73. The van der Waals surface area contributed by atoms with E-state index in [1.54, 1.807) is 0 Å². The second-order valence-electron chi connectivity index (χ2n) is 9.11. The molecule has 0 amide bonds. The Balaban J connectivity index is 1.90. The minimum Gasteiger partial charge on any atom is -0.507 e. The smallest absolute Gasteiger partial charge is 0.121 e. The van der Waals surface area contributed by atoms with Gasteiger partial charge in [-0.15, -0.1) is 0 Å². The molecule has 0 aliphatic heterocycles. The van der Waals surface area contributed by atoms with Crippen molar-refractivity contribution in [3.63, 3.8) is 0 Å². The van der Waals surface area contributed by atoms with Gasteiger partial charge in [-0.05, 0) is 37.0 Å². The van der Waals surface area contributed by atoms with Gasteiger partial charge in [0.05, 0.1) is 0 Å². The van der Waals surface area contributed by atoms with Crippen molar-refractivity contribution < 1.29 is 5.11 Å². The van der Waals surface area contributed by atoms with E-state index in [-0.39, 0.29) is 0 Å². The number of rotatable bonds is 18. The molecule has 29 heavy (non-hydrogen) atoms. The Labute approximate surface area is 187 Å². The monoisotopic (exact) mass is 420 g/mol. The number of hydrogen-bond acceptors (Lipinski definition) is 2. The Morgan fingerprint density at radius 2 is 1.00 bits per heavy atom. The molecule has 0 fully saturated rings. The first kappa shape index (κ1) is 26.4. The zero-order valence-corrected chi connectivity index (χ0v) is 20.5. The predicted octanol–water partition coefficient (Wildman–Crippen LogP) is 9.63. The summed E-state index contributed by atoms with van der Waals surface area (Å²) in [5.74, 6) is 0.427. The van der Waals surface area contributed by atoms with E-state index < -0.39 is 0 Å². The summed E-state index contributed by atoms with van der Waals surface area (Å²) < 4.78 is 0. The highest BCUT2D eigenvalue weighted by atomic mass is 32.1. The van der Waals surface area contributed by atoms with Gasteiger partial charge in [-0.25, -0.2) is 0 Å². The maximum Gasteiger partial charge on any atom is 0.121 e. The maximum atomic E-state index is 9.91. The number of benzene rings is 1. The van der Waals surface area contributed by atoms with Crippen LogP contribution in [0.3, 0.4) is 0 Å². The van der Waals surface area contributed by atoms with E-state index in [0.717, 1.165) is 17.5 Å². The molecule has 0 saturated heterocycles. The summed E-state index contributed by atoms with van der Waals surface area (Å²) in [7, 11) is 0. The van der Waals surface area contributed by atoms with Crippen molar-refractivity contribution in [1.82, 2.24) is 0 Å². The van der Waals surface area contributed by atoms with Crippen LogP contribution in [0.1, 0.15) is 138 Å². The van der Waals surface area contributed by atoms with E-state index in [9.17, 15) is 5.11 Å². The van der Waals surface area contributed by atoms with E-state index in [1.165, 1.54) is 108 Å². The summed E-state index contributed by atoms with van der Waals surface area (Å²) in [5, 5.41) is 10.2. The Hall–Kier alpha value is -0.630. The molecule has 1 aromatic carbocycles. The fraction of sp³-hybridized carbons (Fsp3) is 0.778. The van der Waals surface area contributed by atoms with Crippen LogP contribution in [0.25, 0.3) is 0 Å². The molecule has 1 nitrogen and oxygen atoms in total.